The topological polar surface area (TPSA) is 53.3 Å². The number of aryl methyl sites for hydroxylation is 1. The monoisotopic (exact) mass is 329 g/mol. The van der Waals surface area contributed by atoms with Crippen LogP contribution in [0.2, 0.25) is 0 Å². The number of nitrogens with zero attached hydrogens (tertiary/aromatic N) is 7. The van der Waals surface area contributed by atoms with Crippen LogP contribution in [0.1, 0.15) is 18.4 Å². The maximum atomic E-state index is 4.65. The number of aromatic nitrogens is 4. The molecule has 3 rings (SSSR count). The summed E-state index contributed by atoms with van der Waals surface area (Å²) < 4.78 is 1.87. The molecule has 1 saturated heterocycles. The van der Waals surface area contributed by atoms with Crippen LogP contribution in [0.5, 0.6) is 0 Å². The second-order valence-corrected chi connectivity index (χ2v) is 6.75. The van der Waals surface area contributed by atoms with Gasteiger partial charge in [0.2, 0.25) is 5.95 Å². The lowest BCUT2D eigenvalue weighted by molar-refractivity contribution is 0.203. The Kier molecular flexibility index (Phi) is 4.99. The standard InChI is InChI=1S/C17H27N7/c1-21(2)17-18-8-5-16(20-17)23(4)15-6-9-24(10-7-15)13-14-11-19-22(3)12-14/h5,8,11-12,15H,6-7,9-10,13H2,1-4H3. The molecule has 0 atom stereocenters. The molecule has 7 nitrogen and oxygen atoms in total. The van der Waals surface area contributed by atoms with Gasteiger partial charge >= 0.3 is 0 Å². The van der Waals surface area contributed by atoms with Crippen LogP contribution in [0.3, 0.4) is 0 Å². The number of likely N-dealkylation sites (tertiary alicyclic amines) is 1. The normalized spacial score (nSPS) is 16.3. The van der Waals surface area contributed by atoms with E-state index in [-0.39, 0.29) is 0 Å². The Labute approximate surface area is 143 Å². The molecule has 0 aliphatic carbocycles. The van der Waals surface area contributed by atoms with Crippen LogP contribution >= 0.6 is 0 Å². The number of rotatable bonds is 5. The quantitative estimate of drug-likeness (QED) is 0.826. The van der Waals surface area contributed by atoms with Crippen LogP contribution in [-0.2, 0) is 13.6 Å². The molecule has 2 aromatic heterocycles. The zero-order valence-electron chi connectivity index (χ0n) is 15.1. The fourth-order valence-electron chi connectivity index (χ4n) is 3.21. The number of anilines is 2. The molecule has 1 fully saturated rings. The molecular weight excluding hydrogens is 302 g/mol. The highest BCUT2D eigenvalue weighted by atomic mass is 15.3. The van der Waals surface area contributed by atoms with Gasteiger partial charge in [0.15, 0.2) is 0 Å². The first-order valence-corrected chi connectivity index (χ1v) is 8.46. The van der Waals surface area contributed by atoms with Crippen LogP contribution < -0.4 is 9.80 Å². The molecule has 0 amide bonds. The molecule has 0 saturated carbocycles. The minimum Gasteiger partial charge on any atom is -0.356 e. The fourth-order valence-corrected chi connectivity index (χ4v) is 3.21. The van der Waals surface area contributed by atoms with E-state index >= 15 is 0 Å². The highest BCUT2D eigenvalue weighted by Crippen LogP contribution is 2.22. The van der Waals surface area contributed by atoms with Crippen molar-refractivity contribution in [3.05, 3.63) is 30.2 Å². The van der Waals surface area contributed by atoms with Crippen molar-refractivity contribution in [2.75, 3.05) is 44.0 Å². The van der Waals surface area contributed by atoms with Gasteiger partial charge in [0, 0.05) is 71.8 Å². The summed E-state index contributed by atoms with van der Waals surface area (Å²) >= 11 is 0. The van der Waals surface area contributed by atoms with Crippen molar-refractivity contribution in [2.45, 2.75) is 25.4 Å². The second-order valence-electron chi connectivity index (χ2n) is 6.75. The molecule has 0 N–H and O–H groups in total. The first-order chi connectivity index (χ1) is 11.5. The first-order valence-electron chi connectivity index (χ1n) is 8.46. The molecule has 0 bridgehead atoms. The smallest absolute Gasteiger partial charge is 0.226 e. The van der Waals surface area contributed by atoms with Crippen molar-refractivity contribution in [2.24, 2.45) is 7.05 Å². The fraction of sp³-hybridized carbons (Fsp3) is 0.588. The van der Waals surface area contributed by atoms with Crippen molar-refractivity contribution < 1.29 is 0 Å². The highest BCUT2D eigenvalue weighted by molar-refractivity contribution is 5.43. The zero-order valence-corrected chi connectivity index (χ0v) is 15.1. The maximum Gasteiger partial charge on any atom is 0.226 e. The summed E-state index contributed by atoms with van der Waals surface area (Å²) in [5, 5.41) is 4.25. The van der Waals surface area contributed by atoms with Gasteiger partial charge in [-0.15, -0.1) is 0 Å². The summed E-state index contributed by atoms with van der Waals surface area (Å²) in [5.41, 5.74) is 1.29. The van der Waals surface area contributed by atoms with Crippen molar-refractivity contribution in [3.63, 3.8) is 0 Å². The van der Waals surface area contributed by atoms with Gasteiger partial charge in [-0.25, -0.2) is 4.98 Å². The molecule has 0 aromatic carbocycles. The van der Waals surface area contributed by atoms with E-state index in [1.807, 2.05) is 49.2 Å². The molecule has 130 valence electrons. The Hall–Kier alpha value is -2.15. The third kappa shape index (κ3) is 3.84. The molecule has 0 radical (unpaired) electrons. The van der Waals surface area contributed by atoms with Crippen molar-refractivity contribution in [1.82, 2.24) is 24.6 Å². The van der Waals surface area contributed by atoms with Crippen LogP contribution in [0, 0.1) is 0 Å². The predicted octanol–water partition coefficient (Wildman–Crippen LogP) is 1.38. The van der Waals surface area contributed by atoms with E-state index < -0.39 is 0 Å². The summed E-state index contributed by atoms with van der Waals surface area (Å²) in [6.45, 7) is 3.20. The third-order valence-corrected chi connectivity index (χ3v) is 4.66. The Bertz CT molecular complexity index is 658. The van der Waals surface area contributed by atoms with E-state index in [1.165, 1.54) is 5.56 Å². The van der Waals surface area contributed by atoms with Gasteiger partial charge in [0.25, 0.3) is 0 Å². The summed E-state index contributed by atoms with van der Waals surface area (Å²) in [6.07, 6.45) is 8.20. The van der Waals surface area contributed by atoms with Crippen LogP contribution in [0.25, 0.3) is 0 Å². The molecule has 3 heterocycles. The lowest BCUT2D eigenvalue weighted by Crippen LogP contribution is -2.43. The minimum absolute atomic E-state index is 0.528. The second kappa shape index (κ2) is 7.17. The van der Waals surface area contributed by atoms with Gasteiger partial charge in [-0.3, -0.25) is 9.58 Å². The lowest BCUT2D eigenvalue weighted by Gasteiger charge is -2.37. The molecule has 1 aliphatic rings. The number of piperidine rings is 1. The van der Waals surface area contributed by atoms with E-state index in [1.54, 1.807) is 0 Å². The largest absolute Gasteiger partial charge is 0.356 e. The van der Waals surface area contributed by atoms with Gasteiger partial charge < -0.3 is 9.80 Å². The van der Waals surface area contributed by atoms with E-state index in [0.717, 1.165) is 44.2 Å². The van der Waals surface area contributed by atoms with Gasteiger partial charge in [-0.1, -0.05) is 0 Å². The van der Waals surface area contributed by atoms with Crippen molar-refractivity contribution in [3.8, 4) is 0 Å². The predicted molar refractivity (Wildman–Crippen MR) is 96.3 cm³/mol. The Morgan fingerprint density at radius 1 is 1.21 bits per heavy atom. The average molecular weight is 329 g/mol. The minimum atomic E-state index is 0.528. The first kappa shape index (κ1) is 16.7. The summed E-state index contributed by atoms with van der Waals surface area (Å²) in [4.78, 5) is 15.7. The summed E-state index contributed by atoms with van der Waals surface area (Å²) in [7, 11) is 8.05. The molecule has 1 aliphatic heterocycles. The summed E-state index contributed by atoms with van der Waals surface area (Å²) in [5.74, 6) is 1.76. The maximum absolute atomic E-state index is 4.65. The Balaban J connectivity index is 1.56. The molecular formula is C17H27N7. The van der Waals surface area contributed by atoms with Crippen LogP contribution in [0.15, 0.2) is 24.7 Å². The molecule has 0 spiro atoms. The average Bonchev–Trinajstić information content (AvgIpc) is 3.00. The molecule has 7 heteroatoms. The van der Waals surface area contributed by atoms with Crippen LogP contribution in [0.4, 0.5) is 11.8 Å². The zero-order chi connectivity index (χ0) is 17.1. The van der Waals surface area contributed by atoms with E-state index in [0.29, 0.717) is 6.04 Å². The van der Waals surface area contributed by atoms with Crippen LogP contribution in [-0.4, -0.2) is 64.9 Å². The third-order valence-electron chi connectivity index (χ3n) is 4.66. The molecule has 0 unspecified atom stereocenters. The van der Waals surface area contributed by atoms with Gasteiger partial charge in [0.1, 0.15) is 5.82 Å². The molecule has 2 aromatic rings. The number of hydrogen-bond donors (Lipinski definition) is 0. The Morgan fingerprint density at radius 3 is 2.58 bits per heavy atom. The van der Waals surface area contributed by atoms with E-state index in [2.05, 4.69) is 38.1 Å². The molecule has 24 heavy (non-hydrogen) atoms. The van der Waals surface area contributed by atoms with Crippen molar-refractivity contribution >= 4 is 11.8 Å². The van der Waals surface area contributed by atoms with Crippen molar-refractivity contribution in [1.29, 1.82) is 0 Å². The summed E-state index contributed by atoms with van der Waals surface area (Å²) in [6, 6.07) is 2.52. The number of hydrogen-bond acceptors (Lipinski definition) is 6. The van der Waals surface area contributed by atoms with Gasteiger partial charge in [0.05, 0.1) is 6.20 Å². The lowest BCUT2D eigenvalue weighted by atomic mass is 10.0. The Morgan fingerprint density at radius 2 is 1.96 bits per heavy atom. The SMILES string of the molecule is CN(C)c1nccc(N(C)C2CCN(Cc3cnn(C)c3)CC2)n1. The highest BCUT2D eigenvalue weighted by Gasteiger charge is 2.23. The van der Waals surface area contributed by atoms with E-state index in [4.69, 9.17) is 0 Å². The van der Waals surface area contributed by atoms with Gasteiger partial charge in [-0.2, -0.15) is 10.1 Å². The van der Waals surface area contributed by atoms with E-state index in [9.17, 15) is 0 Å². The van der Waals surface area contributed by atoms with Gasteiger partial charge in [-0.05, 0) is 18.9 Å².